The molecule has 0 aliphatic rings. The molecule has 0 saturated carbocycles. The third-order valence-electron chi connectivity index (χ3n) is 2.53. The number of hydrogen-bond donors (Lipinski definition) is 1. The molecular formula is C16H21N3O. The summed E-state index contributed by atoms with van der Waals surface area (Å²) in [6.45, 7) is 9.40. The lowest BCUT2D eigenvalue weighted by molar-refractivity contribution is -0.120. The molecule has 0 aromatic carbocycles. The lowest BCUT2D eigenvalue weighted by Gasteiger charge is -2.15. The van der Waals surface area contributed by atoms with Crippen LogP contribution in [0.1, 0.15) is 5.69 Å². The molecule has 0 fully saturated rings. The van der Waals surface area contributed by atoms with Gasteiger partial charge in [0.25, 0.3) is 0 Å². The zero-order chi connectivity index (χ0) is 14.6. The molecule has 4 nitrogen and oxygen atoms in total. The summed E-state index contributed by atoms with van der Waals surface area (Å²) in [6, 6.07) is 5.54. The lowest BCUT2D eigenvalue weighted by atomic mass is 10.2. The van der Waals surface area contributed by atoms with Crippen molar-refractivity contribution in [1.82, 2.24) is 15.2 Å². The molecular weight excluding hydrogens is 250 g/mol. The largest absolute Gasteiger partial charge is 0.370 e. The molecule has 1 aromatic heterocycles. The van der Waals surface area contributed by atoms with Crippen LogP contribution in [0, 0.1) is 0 Å². The fraction of sp³-hybridized carbons (Fsp3) is 0.250. The summed E-state index contributed by atoms with van der Waals surface area (Å²) in [6.07, 6.45) is 9.48. The minimum atomic E-state index is -0.0349. The first-order valence-electron chi connectivity index (χ1n) is 6.55. The van der Waals surface area contributed by atoms with Crippen LogP contribution in [0.3, 0.4) is 0 Å². The monoisotopic (exact) mass is 271 g/mol. The molecule has 0 aliphatic heterocycles. The van der Waals surface area contributed by atoms with E-state index in [1.807, 2.05) is 47.5 Å². The van der Waals surface area contributed by atoms with Crippen molar-refractivity contribution in [2.75, 3.05) is 19.6 Å². The lowest BCUT2D eigenvalue weighted by Crippen LogP contribution is -2.26. The van der Waals surface area contributed by atoms with Crippen LogP contribution >= 0.6 is 0 Å². The van der Waals surface area contributed by atoms with Gasteiger partial charge >= 0.3 is 0 Å². The second-order valence-corrected chi connectivity index (χ2v) is 4.22. The maximum atomic E-state index is 11.7. The van der Waals surface area contributed by atoms with Crippen molar-refractivity contribution in [3.05, 3.63) is 67.7 Å². The number of rotatable bonds is 9. The van der Waals surface area contributed by atoms with Gasteiger partial charge in [0.05, 0.1) is 6.42 Å². The van der Waals surface area contributed by atoms with E-state index in [0.717, 1.165) is 18.8 Å². The van der Waals surface area contributed by atoms with Gasteiger partial charge in [-0.25, -0.2) is 0 Å². The van der Waals surface area contributed by atoms with Crippen molar-refractivity contribution >= 4 is 5.91 Å². The van der Waals surface area contributed by atoms with Crippen molar-refractivity contribution in [3.8, 4) is 0 Å². The molecule has 0 atom stereocenters. The van der Waals surface area contributed by atoms with Crippen molar-refractivity contribution in [1.29, 1.82) is 0 Å². The Morgan fingerprint density at radius 1 is 1.30 bits per heavy atom. The molecule has 0 saturated heterocycles. The SMILES string of the molecule is C=CCN(C=CCNC(=O)Cc1ccccn1)CC=C. The zero-order valence-electron chi connectivity index (χ0n) is 11.7. The van der Waals surface area contributed by atoms with Gasteiger partial charge in [-0.3, -0.25) is 9.78 Å². The van der Waals surface area contributed by atoms with E-state index in [-0.39, 0.29) is 5.91 Å². The minimum Gasteiger partial charge on any atom is -0.370 e. The summed E-state index contributed by atoms with van der Waals surface area (Å²) in [5.74, 6) is -0.0349. The topological polar surface area (TPSA) is 45.2 Å². The zero-order valence-corrected chi connectivity index (χ0v) is 11.7. The Hall–Kier alpha value is -2.36. The number of carbonyl (C=O) groups is 1. The van der Waals surface area contributed by atoms with Crippen LogP contribution in [0.2, 0.25) is 0 Å². The summed E-state index contributed by atoms with van der Waals surface area (Å²) < 4.78 is 0. The molecule has 0 bridgehead atoms. The first-order valence-corrected chi connectivity index (χ1v) is 6.55. The average molecular weight is 271 g/mol. The maximum absolute atomic E-state index is 11.7. The second kappa shape index (κ2) is 9.55. The number of aromatic nitrogens is 1. The normalized spacial score (nSPS) is 10.2. The Morgan fingerprint density at radius 3 is 2.65 bits per heavy atom. The van der Waals surface area contributed by atoms with Crippen molar-refractivity contribution < 1.29 is 4.79 Å². The molecule has 1 N–H and O–H groups in total. The van der Waals surface area contributed by atoms with Gasteiger partial charge in [0.2, 0.25) is 5.91 Å². The van der Waals surface area contributed by atoms with Gasteiger partial charge < -0.3 is 10.2 Å². The molecule has 1 amide bonds. The van der Waals surface area contributed by atoms with E-state index >= 15 is 0 Å². The molecule has 1 aromatic rings. The summed E-state index contributed by atoms with van der Waals surface area (Å²) in [5.41, 5.74) is 0.772. The third kappa shape index (κ3) is 6.54. The second-order valence-electron chi connectivity index (χ2n) is 4.22. The van der Waals surface area contributed by atoms with E-state index < -0.39 is 0 Å². The maximum Gasteiger partial charge on any atom is 0.226 e. The smallest absolute Gasteiger partial charge is 0.226 e. The predicted octanol–water partition coefficient (Wildman–Crippen LogP) is 1.93. The molecule has 0 unspecified atom stereocenters. The minimum absolute atomic E-state index is 0.0349. The van der Waals surface area contributed by atoms with E-state index in [9.17, 15) is 4.79 Å². The fourth-order valence-corrected chi connectivity index (χ4v) is 1.63. The number of nitrogens with one attached hydrogen (secondary N) is 1. The van der Waals surface area contributed by atoms with Crippen molar-refractivity contribution in [2.45, 2.75) is 6.42 Å². The van der Waals surface area contributed by atoms with E-state index in [0.29, 0.717) is 13.0 Å². The first kappa shape index (κ1) is 15.7. The molecule has 0 radical (unpaired) electrons. The quantitative estimate of drug-likeness (QED) is 0.698. The van der Waals surface area contributed by atoms with E-state index in [2.05, 4.69) is 23.5 Å². The van der Waals surface area contributed by atoms with Gasteiger partial charge in [0.15, 0.2) is 0 Å². The van der Waals surface area contributed by atoms with Crippen LogP contribution in [0.25, 0.3) is 0 Å². The third-order valence-corrected chi connectivity index (χ3v) is 2.53. The van der Waals surface area contributed by atoms with Crippen molar-refractivity contribution in [3.63, 3.8) is 0 Å². The van der Waals surface area contributed by atoms with E-state index in [4.69, 9.17) is 0 Å². The number of hydrogen-bond acceptors (Lipinski definition) is 3. The first-order chi connectivity index (χ1) is 9.76. The van der Waals surface area contributed by atoms with Crippen molar-refractivity contribution in [2.24, 2.45) is 0 Å². The van der Waals surface area contributed by atoms with Gasteiger partial charge in [0, 0.05) is 31.5 Å². The highest BCUT2D eigenvalue weighted by Crippen LogP contribution is 1.94. The standard InChI is InChI=1S/C16H21N3O/c1-3-11-19(12-4-2)13-7-10-18-16(20)14-15-8-5-6-9-17-15/h3-9,13H,1-2,10-12,14H2,(H,18,20). The molecule has 20 heavy (non-hydrogen) atoms. The van der Waals surface area contributed by atoms with Crippen LogP contribution in [0.15, 0.2) is 62.0 Å². The average Bonchev–Trinajstić information content (AvgIpc) is 2.45. The molecule has 106 valence electrons. The molecule has 0 aliphatic carbocycles. The van der Waals surface area contributed by atoms with E-state index in [1.165, 1.54) is 0 Å². The van der Waals surface area contributed by atoms with Gasteiger partial charge in [-0.2, -0.15) is 0 Å². The molecule has 4 heteroatoms. The Kier molecular flexibility index (Phi) is 7.50. The summed E-state index contributed by atoms with van der Waals surface area (Å²) in [5, 5.41) is 2.83. The Morgan fingerprint density at radius 2 is 2.05 bits per heavy atom. The van der Waals surface area contributed by atoms with Crippen LogP contribution < -0.4 is 5.32 Å². The molecule has 1 heterocycles. The van der Waals surface area contributed by atoms with Crippen LogP contribution in [-0.2, 0) is 11.2 Å². The summed E-state index contributed by atoms with van der Waals surface area (Å²) in [7, 11) is 0. The highest BCUT2D eigenvalue weighted by Gasteiger charge is 2.01. The number of carbonyl (C=O) groups excluding carboxylic acids is 1. The van der Waals surface area contributed by atoms with Gasteiger partial charge in [-0.15, -0.1) is 13.2 Å². The summed E-state index contributed by atoms with van der Waals surface area (Å²) >= 11 is 0. The highest BCUT2D eigenvalue weighted by atomic mass is 16.1. The Bertz CT molecular complexity index is 444. The van der Waals surface area contributed by atoms with Crippen LogP contribution in [0.4, 0.5) is 0 Å². The highest BCUT2D eigenvalue weighted by molar-refractivity contribution is 5.78. The number of amides is 1. The summed E-state index contributed by atoms with van der Waals surface area (Å²) in [4.78, 5) is 17.8. The van der Waals surface area contributed by atoms with E-state index in [1.54, 1.807) is 6.20 Å². The number of nitrogens with zero attached hydrogens (tertiary/aromatic N) is 2. The number of pyridine rings is 1. The molecule has 0 spiro atoms. The van der Waals surface area contributed by atoms with Crippen LogP contribution in [0.5, 0.6) is 0 Å². The van der Waals surface area contributed by atoms with Crippen LogP contribution in [-0.4, -0.2) is 35.4 Å². The predicted molar refractivity (Wildman–Crippen MR) is 82.1 cm³/mol. The van der Waals surface area contributed by atoms with Gasteiger partial charge in [-0.1, -0.05) is 18.2 Å². The van der Waals surface area contributed by atoms with Gasteiger partial charge in [-0.05, 0) is 24.4 Å². The Balaban J connectivity index is 2.30. The fourth-order valence-electron chi connectivity index (χ4n) is 1.63. The Labute approximate surface area is 120 Å². The molecule has 1 rings (SSSR count). The van der Waals surface area contributed by atoms with Gasteiger partial charge in [0.1, 0.15) is 0 Å².